The van der Waals surface area contributed by atoms with Gasteiger partial charge in [-0.2, -0.15) is 0 Å². The van der Waals surface area contributed by atoms with Crippen molar-refractivity contribution in [2.75, 3.05) is 22.6 Å². The molecule has 0 bridgehead atoms. The van der Waals surface area contributed by atoms with E-state index in [1.54, 1.807) is 6.08 Å². The highest BCUT2D eigenvalue weighted by Gasteiger charge is 2.39. The topological polar surface area (TPSA) is 6.48 Å². The molecule has 2 unspecified atom stereocenters. The molecule has 2 aliphatic heterocycles. The van der Waals surface area contributed by atoms with Crippen LogP contribution in [0.1, 0.15) is 43.2 Å². The normalized spacial score (nSPS) is 17.8. The molecule has 0 amide bonds. The second-order valence-electron chi connectivity index (χ2n) is 14.1. The maximum Gasteiger partial charge on any atom is 0.0464 e. The molecule has 3 heteroatoms. The minimum atomic E-state index is 0.399. The summed E-state index contributed by atoms with van der Waals surface area (Å²) in [7, 11) is 2.15. The third-order valence-corrected chi connectivity index (χ3v) is 11.8. The summed E-state index contributed by atoms with van der Waals surface area (Å²) in [4.78, 5) is 6.25. The Hall–Kier alpha value is -5.51. The van der Waals surface area contributed by atoms with Crippen molar-refractivity contribution in [1.29, 1.82) is 0 Å². The average Bonchev–Trinajstić information content (AvgIpc) is 3.53. The number of thioether (sulfide) groups is 1. The molecular weight excluding hydrogens is 661 g/mol. The van der Waals surface area contributed by atoms with Gasteiger partial charge in [-0.05, 0) is 131 Å². The number of benzene rings is 6. The monoisotopic (exact) mass is 706 g/mol. The Kier molecular flexibility index (Phi) is 9.93. The zero-order valence-corrected chi connectivity index (χ0v) is 31.5. The van der Waals surface area contributed by atoms with Crippen molar-refractivity contribution in [2.24, 2.45) is 0 Å². The van der Waals surface area contributed by atoms with Gasteiger partial charge in [-0.15, -0.1) is 18.3 Å². The standard InChI is InChI=1S/C47H40N2S.C3H6/c1-32-10-7-8-27-50-47-31-46-44(30-43(32)47)42-15-5-6-16-45(42)49(46)41-14-9-13-37(29-41)34-19-23-39(24-20-34)48(2)40-25-21-35(22-26-40)38-18-17-33-11-3-4-12-36(33)28-38;1-3-2/h3-5,7,9-15,17-26,28-31,42,45H,1,6,8,16,27H2,2H3;3H,1H2,2H3/b10-7-;. The Morgan fingerprint density at radius 1 is 0.717 bits per heavy atom. The average molecular weight is 707 g/mol. The van der Waals surface area contributed by atoms with Gasteiger partial charge in [-0.3, -0.25) is 0 Å². The van der Waals surface area contributed by atoms with Gasteiger partial charge in [-0.25, -0.2) is 0 Å². The summed E-state index contributed by atoms with van der Waals surface area (Å²) in [5.41, 5.74) is 13.8. The fourth-order valence-electron chi connectivity index (χ4n) is 8.02. The van der Waals surface area contributed by atoms with E-state index < -0.39 is 0 Å². The summed E-state index contributed by atoms with van der Waals surface area (Å²) in [6.45, 7) is 9.68. The van der Waals surface area contributed by atoms with E-state index in [0.29, 0.717) is 12.0 Å². The third-order valence-electron chi connectivity index (χ3n) is 10.7. The van der Waals surface area contributed by atoms with Gasteiger partial charge < -0.3 is 9.80 Å². The van der Waals surface area contributed by atoms with E-state index >= 15 is 0 Å². The predicted octanol–water partition coefficient (Wildman–Crippen LogP) is 14.2. The molecule has 53 heavy (non-hydrogen) atoms. The molecule has 0 N–H and O–H groups in total. The minimum Gasteiger partial charge on any atom is -0.345 e. The maximum atomic E-state index is 4.43. The smallest absolute Gasteiger partial charge is 0.0464 e. The first-order valence-corrected chi connectivity index (χ1v) is 19.7. The number of nitrogens with zero attached hydrogens (tertiary/aromatic N) is 2. The highest BCUT2D eigenvalue weighted by molar-refractivity contribution is 7.99. The van der Waals surface area contributed by atoms with E-state index in [2.05, 4.69) is 182 Å². The highest BCUT2D eigenvalue weighted by atomic mass is 32.2. The van der Waals surface area contributed by atoms with Crippen molar-refractivity contribution in [3.63, 3.8) is 0 Å². The number of fused-ring (bicyclic) bond motifs is 5. The molecule has 6 aromatic carbocycles. The van der Waals surface area contributed by atoms with Crippen molar-refractivity contribution in [1.82, 2.24) is 0 Å². The van der Waals surface area contributed by atoms with E-state index in [-0.39, 0.29) is 0 Å². The molecule has 0 saturated heterocycles. The zero-order chi connectivity index (χ0) is 36.3. The van der Waals surface area contributed by atoms with Crippen LogP contribution in [-0.4, -0.2) is 18.8 Å². The molecule has 0 fully saturated rings. The largest absolute Gasteiger partial charge is 0.345 e. The second-order valence-corrected chi connectivity index (χ2v) is 15.3. The Balaban J connectivity index is 0.00000129. The Bertz CT molecular complexity index is 2350. The molecule has 1 aliphatic carbocycles. The number of allylic oxidation sites excluding steroid dienone is 5. The molecule has 2 nitrogen and oxygen atoms in total. The lowest BCUT2D eigenvalue weighted by molar-refractivity contribution is 0.565. The quantitative estimate of drug-likeness (QED) is 0.165. The number of anilines is 4. The first-order valence-electron chi connectivity index (χ1n) is 18.8. The number of rotatable bonds is 5. The molecule has 262 valence electrons. The second kappa shape index (κ2) is 15.2. The van der Waals surface area contributed by atoms with E-state index in [4.69, 9.17) is 0 Å². The van der Waals surface area contributed by atoms with Crippen molar-refractivity contribution in [2.45, 2.75) is 43.0 Å². The molecule has 0 radical (unpaired) electrons. The van der Waals surface area contributed by atoms with Crippen LogP contribution in [0.15, 0.2) is 176 Å². The zero-order valence-electron chi connectivity index (χ0n) is 30.7. The summed E-state index contributed by atoms with van der Waals surface area (Å²) in [6, 6.07) is 47.6. The summed E-state index contributed by atoms with van der Waals surface area (Å²) in [5, 5.41) is 2.54. The lowest BCUT2D eigenvalue weighted by atomic mass is 9.86. The van der Waals surface area contributed by atoms with Crippen LogP contribution < -0.4 is 9.80 Å². The number of hydrogen-bond acceptors (Lipinski definition) is 3. The van der Waals surface area contributed by atoms with E-state index in [0.717, 1.165) is 30.6 Å². The fraction of sp³-hybridized carbons (Fsp3) is 0.160. The predicted molar refractivity (Wildman–Crippen MR) is 232 cm³/mol. The highest BCUT2D eigenvalue weighted by Crippen LogP contribution is 2.52. The van der Waals surface area contributed by atoms with Crippen LogP contribution in [0.4, 0.5) is 22.7 Å². The van der Waals surface area contributed by atoms with Gasteiger partial charge in [0.2, 0.25) is 0 Å². The van der Waals surface area contributed by atoms with Gasteiger partial charge in [0.15, 0.2) is 0 Å². The molecular formula is C50H46N2S. The van der Waals surface area contributed by atoms with Crippen molar-refractivity contribution in [3.05, 3.63) is 182 Å². The van der Waals surface area contributed by atoms with Gasteiger partial charge in [0.1, 0.15) is 0 Å². The summed E-state index contributed by atoms with van der Waals surface area (Å²) >= 11 is 1.96. The Labute approximate surface area is 319 Å². The van der Waals surface area contributed by atoms with Crippen LogP contribution >= 0.6 is 11.8 Å². The van der Waals surface area contributed by atoms with E-state index in [1.807, 2.05) is 18.7 Å². The molecule has 2 heterocycles. The van der Waals surface area contributed by atoms with Crippen LogP contribution in [0.5, 0.6) is 0 Å². The Morgan fingerprint density at radius 2 is 1.40 bits per heavy atom. The van der Waals surface area contributed by atoms with Gasteiger partial charge in [0, 0.05) is 52.4 Å². The first-order chi connectivity index (χ1) is 26.0. The minimum absolute atomic E-state index is 0.399. The van der Waals surface area contributed by atoms with E-state index in [9.17, 15) is 0 Å². The summed E-state index contributed by atoms with van der Waals surface area (Å²) in [6.07, 6.45) is 14.4. The van der Waals surface area contributed by atoms with Gasteiger partial charge in [0.05, 0.1) is 0 Å². The molecule has 3 aliphatic rings. The fourth-order valence-corrected chi connectivity index (χ4v) is 9.03. The molecule has 9 rings (SSSR count). The van der Waals surface area contributed by atoms with Crippen molar-refractivity contribution in [3.8, 4) is 22.3 Å². The lowest BCUT2D eigenvalue weighted by Crippen LogP contribution is -2.30. The molecule has 6 aromatic rings. The van der Waals surface area contributed by atoms with Crippen molar-refractivity contribution < 1.29 is 0 Å². The SMILES string of the molecule is C=C1/C=C\CCSc2cc3c(cc21)C1C=CCCC1N3c1cccc(-c2ccc(N(C)c3ccc(-c4ccc5ccccc5c4)cc3)cc2)c1.C=CC. The van der Waals surface area contributed by atoms with Crippen LogP contribution in [-0.2, 0) is 0 Å². The van der Waals surface area contributed by atoms with Gasteiger partial charge in [0.25, 0.3) is 0 Å². The maximum absolute atomic E-state index is 4.43. The van der Waals surface area contributed by atoms with Gasteiger partial charge >= 0.3 is 0 Å². The third kappa shape index (κ3) is 6.90. The Morgan fingerprint density at radius 3 is 2.13 bits per heavy atom. The molecule has 2 atom stereocenters. The van der Waals surface area contributed by atoms with Crippen LogP contribution in [0.2, 0.25) is 0 Å². The summed E-state index contributed by atoms with van der Waals surface area (Å²) in [5.74, 6) is 1.50. The van der Waals surface area contributed by atoms with Crippen LogP contribution in [0.25, 0.3) is 38.6 Å². The molecule has 0 aromatic heterocycles. The van der Waals surface area contributed by atoms with Crippen molar-refractivity contribution >= 4 is 50.9 Å². The molecule has 0 saturated carbocycles. The number of hydrogen-bond donors (Lipinski definition) is 0. The first kappa shape index (κ1) is 34.6. The van der Waals surface area contributed by atoms with Gasteiger partial charge in [-0.1, -0.05) is 110 Å². The van der Waals surface area contributed by atoms with E-state index in [1.165, 1.54) is 71.8 Å². The van der Waals surface area contributed by atoms with Crippen LogP contribution in [0, 0.1) is 0 Å². The lowest BCUT2D eigenvalue weighted by Gasteiger charge is -2.32. The summed E-state index contributed by atoms with van der Waals surface area (Å²) < 4.78 is 0. The molecule has 0 spiro atoms. The van der Waals surface area contributed by atoms with Crippen LogP contribution in [0.3, 0.4) is 0 Å².